The van der Waals surface area contributed by atoms with Crippen LogP contribution in [0.25, 0.3) is 0 Å². The molecule has 2 nitrogen and oxygen atoms in total. The second kappa shape index (κ2) is 6.61. The van der Waals surface area contributed by atoms with Crippen LogP contribution in [0.1, 0.15) is 51.9 Å². The molecule has 1 saturated heterocycles. The van der Waals surface area contributed by atoms with E-state index >= 15 is 0 Å². The number of rotatable bonds is 5. The molecule has 0 spiro atoms. The predicted octanol–water partition coefficient (Wildman–Crippen LogP) is 2.97. The number of hydrogen-bond donors (Lipinski definition) is 1. The first kappa shape index (κ1) is 12.4. The van der Waals surface area contributed by atoms with Gasteiger partial charge in [-0.15, -0.1) is 0 Å². The summed E-state index contributed by atoms with van der Waals surface area (Å²) in [5.41, 5.74) is 0. The molecule has 2 heteroatoms. The first-order valence-corrected chi connectivity index (χ1v) is 7.19. The Bertz CT molecular complexity index is 181. The standard InChI is InChI=1S/C14H27NO/c1-2-3-12-4-6-14(7-5-12)15-10-13-8-9-16-11-13/h12-15H,2-11H2,1H3. The van der Waals surface area contributed by atoms with Gasteiger partial charge in [0.2, 0.25) is 0 Å². The van der Waals surface area contributed by atoms with Crippen molar-refractivity contribution in [2.75, 3.05) is 19.8 Å². The van der Waals surface area contributed by atoms with Crippen LogP contribution in [0.5, 0.6) is 0 Å². The zero-order valence-corrected chi connectivity index (χ0v) is 10.7. The second-order valence-corrected chi connectivity index (χ2v) is 5.64. The van der Waals surface area contributed by atoms with Gasteiger partial charge >= 0.3 is 0 Å². The number of ether oxygens (including phenoxy) is 1. The van der Waals surface area contributed by atoms with Crippen LogP contribution in [-0.4, -0.2) is 25.8 Å². The minimum atomic E-state index is 0.786. The molecule has 0 aromatic heterocycles. The topological polar surface area (TPSA) is 21.3 Å². The number of hydrogen-bond acceptors (Lipinski definition) is 2. The highest BCUT2D eigenvalue weighted by Gasteiger charge is 2.22. The summed E-state index contributed by atoms with van der Waals surface area (Å²) in [6.45, 7) is 5.46. The molecule has 0 aromatic rings. The molecule has 1 atom stereocenters. The maximum absolute atomic E-state index is 5.41. The monoisotopic (exact) mass is 225 g/mol. The van der Waals surface area contributed by atoms with Crippen LogP contribution in [0.4, 0.5) is 0 Å². The molecule has 0 aromatic carbocycles. The predicted molar refractivity (Wildman–Crippen MR) is 67.6 cm³/mol. The lowest BCUT2D eigenvalue weighted by molar-refractivity contribution is 0.183. The third-order valence-electron chi connectivity index (χ3n) is 4.26. The second-order valence-electron chi connectivity index (χ2n) is 5.64. The third-order valence-corrected chi connectivity index (χ3v) is 4.26. The van der Waals surface area contributed by atoms with Crippen molar-refractivity contribution in [1.82, 2.24) is 5.32 Å². The van der Waals surface area contributed by atoms with E-state index in [0.29, 0.717) is 0 Å². The van der Waals surface area contributed by atoms with E-state index in [2.05, 4.69) is 12.2 Å². The van der Waals surface area contributed by atoms with Gasteiger partial charge in [0.05, 0.1) is 6.61 Å². The summed E-state index contributed by atoms with van der Waals surface area (Å²) in [6.07, 6.45) is 9.78. The van der Waals surface area contributed by atoms with Gasteiger partial charge in [0.25, 0.3) is 0 Å². The molecule has 1 aliphatic heterocycles. The van der Waals surface area contributed by atoms with Gasteiger partial charge in [-0.25, -0.2) is 0 Å². The Morgan fingerprint density at radius 1 is 1.06 bits per heavy atom. The van der Waals surface area contributed by atoms with Crippen LogP contribution < -0.4 is 5.32 Å². The van der Waals surface area contributed by atoms with Gasteiger partial charge in [-0.1, -0.05) is 19.8 Å². The Morgan fingerprint density at radius 3 is 2.50 bits per heavy atom. The number of nitrogens with one attached hydrogen (secondary N) is 1. The van der Waals surface area contributed by atoms with E-state index in [9.17, 15) is 0 Å². The van der Waals surface area contributed by atoms with Gasteiger partial charge in [-0.3, -0.25) is 0 Å². The lowest BCUT2D eigenvalue weighted by Crippen LogP contribution is -2.36. The van der Waals surface area contributed by atoms with Crippen LogP contribution in [0.2, 0.25) is 0 Å². The molecule has 2 fully saturated rings. The first-order chi connectivity index (χ1) is 7.88. The van der Waals surface area contributed by atoms with E-state index < -0.39 is 0 Å². The Morgan fingerprint density at radius 2 is 1.88 bits per heavy atom. The van der Waals surface area contributed by atoms with Gasteiger partial charge in [0.15, 0.2) is 0 Å². The summed E-state index contributed by atoms with van der Waals surface area (Å²) in [7, 11) is 0. The summed E-state index contributed by atoms with van der Waals surface area (Å²) in [4.78, 5) is 0. The SMILES string of the molecule is CCCC1CCC(NCC2CCOC2)CC1. The molecule has 2 rings (SSSR count). The van der Waals surface area contributed by atoms with Crippen molar-refractivity contribution in [2.24, 2.45) is 11.8 Å². The van der Waals surface area contributed by atoms with Crippen molar-refractivity contribution < 1.29 is 4.74 Å². The van der Waals surface area contributed by atoms with Gasteiger partial charge in [0, 0.05) is 19.2 Å². The fraction of sp³-hybridized carbons (Fsp3) is 1.00. The summed E-state index contributed by atoms with van der Waals surface area (Å²) in [5, 5.41) is 3.75. The van der Waals surface area contributed by atoms with Crippen molar-refractivity contribution in [3.63, 3.8) is 0 Å². The molecule has 1 heterocycles. The third kappa shape index (κ3) is 3.74. The van der Waals surface area contributed by atoms with E-state index in [4.69, 9.17) is 4.74 Å². The van der Waals surface area contributed by atoms with Crippen molar-refractivity contribution in [2.45, 2.75) is 57.9 Å². The molecule has 1 N–H and O–H groups in total. The molecule has 2 aliphatic rings. The maximum Gasteiger partial charge on any atom is 0.0507 e. The summed E-state index contributed by atoms with van der Waals surface area (Å²) < 4.78 is 5.41. The van der Waals surface area contributed by atoms with Gasteiger partial charge in [-0.2, -0.15) is 0 Å². The van der Waals surface area contributed by atoms with Crippen LogP contribution >= 0.6 is 0 Å². The molecule has 0 amide bonds. The van der Waals surface area contributed by atoms with Crippen molar-refractivity contribution >= 4 is 0 Å². The first-order valence-electron chi connectivity index (χ1n) is 7.19. The Kier molecular flexibility index (Phi) is 5.11. The van der Waals surface area contributed by atoms with Crippen molar-refractivity contribution in [3.05, 3.63) is 0 Å². The lowest BCUT2D eigenvalue weighted by atomic mass is 9.83. The van der Waals surface area contributed by atoms with Crippen molar-refractivity contribution in [3.8, 4) is 0 Å². The van der Waals surface area contributed by atoms with Crippen LogP contribution in [0.3, 0.4) is 0 Å². The molecule has 94 valence electrons. The molecule has 0 radical (unpaired) electrons. The quantitative estimate of drug-likeness (QED) is 0.776. The van der Waals surface area contributed by atoms with E-state index in [1.807, 2.05) is 0 Å². The molecule has 1 saturated carbocycles. The van der Waals surface area contributed by atoms with Crippen LogP contribution in [0, 0.1) is 11.8 Å². The van der Waals surface area contributed by atoms with E-state index in [-0.39, 0.29) is 0 Å². The Balaban J connectivity index is 1.57. The highest BCUT2D eigenvalue weighted by molar-refractivity contribution is 4.78. The van der Waals surface area contributed by atoms with Gasteiger partial charge in [0.1, 0.15) is 0 Å². The zero-order valence-electron chi connectivity index (χ0n) is 10.7. The molecule has 16 heavy (non-hydrogen) atoms. The molecule has 1 unspecified atom stereocenters. The summed E-state index contributed by atoms with van der Waals surface area (Å²) in [5.74, 6) is 1.81. The Hall–Kier alpha value is -0.0800. The lowest BCUT2D eigenvalue weighted by Gasteiger charge is -2.29. The average Bonchev–Trinajstić information content (AvgIpc) is 2.82. The van der Waals surface area contributed by atoms with Crippen LogP contribution in [0.15, 0.2) is 0 Å². The minimum absolute atomic E-state index is 0.786. The molecule has 0 bridgehead atoms. The summed E-state index contributed by atoms with van der Waals surface area (Å²) >= 11 is 0. The Labute approximate surface area is 100 Å². The van der Waals surface area contributed by atoms with Crippen molar-refractivity contribution in [1.29, 1.82) is 0 Å². The largest absolute Gasteiger partial charge is 0.381 e. The summed E-state index contributed by atoms with van der Waals surface area (Å²) in [6, 6.07) is 0.800. The van der Waals surface area contributed by atoms with E-state index in [1.54, 1.807) is 0 Å². The maximum atomic E-state index is 5.41. The van der Waals surface area contributed by atoms with Gasteiger partial charge < -0.3 is 10.1 Å². The highest BCUT2D eigenvalue weighted by atomic mass is 16.5. The smallest absolute Gasteiger partial charge is 0.0507 e. The fourth-order valence-corrected chi connectivity index (χ4v) is 3.14. The van der Waals surface area contributed by atoms with Gasteiger partial charge in [-0.05, 0) is 43.9 Å². The normalized spacial score (nSPS) is 35.4. The van der Waals surface area contributed by atoms with Crippen LogP contribution in [-0.2, 0) is 4.74 Å². The zero-order chi connectivity index (χ0) is 11.2. The molecular formula is C14H27NO. The molecule has 1 aliphatic carbocycles. The molecular weight excluding hydrogens is 198 g/mol. The average molecular weight is 225 g/mol. The highest BCUT2D eigenvalue weighted by Crippen LogP contribution is 2.27. The fourth-order valence-electron chi connectivity index (χ4n) is 3.14. The van der Waals surface area contributed by atoms with E-state index in [1.165, 1.54) is 51.5 Å². The minimum Gasteiger partial charge on any atom is -0.381 e. The van der Waals surface area contributed by atoms with E-state index in [0.717, 1.165) is 31.1 Å².